The molecule has 8 heteroatoms. The molecule has 0 radical (unpaired) electrons. The molecule has 0 bridgehead atoms. The molecule has 0 aromatic heterocycles. The summed E-state index contributed by atoms with van der Waals surface area (Å²) in [6, 6.07) is 7.00. The molecule has 1 aliphatic carbocycles. The highest BCUT2D eigenvalue weighted by atomic mass is 32.2. The molecule has 0 atom stereocenters. The van der Waals surface area contributed by atoms with E-state index in [0.717, 1.165) is 5.69 Å². The van der Waals surface area contributed by atoms with E-state index in [1.165, 1.54) is 11.8 Å². The van der Waals surface area contributed by atoms with E-state index in [4.69, 9.17) is 0 Å². The largest absolute Gasteiger partial charge is 0.326 e. The zero-order valence-electron chi connectivity index (χ0n) is 17.3. The molecule has 28 heavy (non-hydrogen) atoms. The molecule has 0 spiro atoms. The Kier molecular flexibility index (Phi) is 6.88. The Labute approximate surface area is 167 Å². The van der Waals surface area contributed by atoms with Crippen molar-refractivity contribution in [2.24, 2.45) is 5.92 Å². The fourth-order valence-electron chi connectivity index (χ4n) is 3.06. The molecule has 1 saturated carbocycles. The van der Waals surface area contributed by atoms with E-state index in [1.807, 2.05) is 0 Å². The van der Waals surface area contributed by atoms with Crippen LogP contribution in [0.5, 0.6) is 0 Å². The van der Waals surface area contributed by atoms with Gasteiger partial charge in [-0.25, -0.2) is 13.1 Å². The van der Waals surface area contributed by atoms with Gasteiger partial charge in [0.2, 0.25) is 21.8 Å². The number of nitrogens with one attached hydrogen (secondary N) is 2. The Morgan fingerprint density at radius 3 is 2.04 bits per heavy atom. The van der Waals surface area contributed by atoms with Gasteiger partial charge in [0.1, 0.15) is 0 Å². The van der Waals surface area contributed by atoms with Gasteiger partial charge < -0.3 is 10.2 Å². The van der Waals surface area contributed by atoms with Crippen LogP contribution >= 0.6 is 0 Å². The van der Waals surface area contributed by atoms with Crippen LogP contribution in [0, 0.1) is 5.92 Å². The van der Waals surface area contributed by atoms with Crippen LogP contribution < -0.4 is 14.9 Å². The van der Waals surface area contributed by atoms with Gasteiger partial charge in [-0.05, 0) is 70.7 Å². The van der Waals surface area contributed by atoms with E-state index in [1.54, 1.807) is 52.1 Å². The van der Waals surface area contributed by atoms with Crippen molar-refractivity contribution in [3.05, 3.63) is 24.3 Å². The first-order valence-electron chi connectivity index (χ1n) is 9.58. The van der Waals surface area contributed by atoms with Gasteiger partial charge in [-0.1, -0.05) is 0 Å². The van der Waals surface area contributed by atoms with Crippen molar-refractivity contribution in [3.8, 4) is 0 Å². The number of carbonyl (C=O) groups excluding carboxylic acids is 2. The minimum absolute atomic E-state index is 0.0511. The Morgan fingerprint density at radius 2 is 1.57 bits per heavy atom. The highest BCUT2D eigenvalue weighted by Crippen LogP contribution is 2.27. The molecule has 0 unspecified atom stereocenters. The molecule has 156 valence electrons. The topological polar surface area (TPSA) is 95.6 Å². The number of rotatable bonds is 5. The second-order valence-corrected chi connectivity index (χ2v) is 10.9. The van der Waals surface area contributed by atoms with Crippen LogP contribution in [-0.4, -0.2) is 38.1 Å². The molecule has 0 saturated heterocycles. The Morgan fingerprint density at radius 1 is 1.04 bits per heavy atom. The zero-order valence-corrected chi connectivity index (χ0v) is 18.1. The predicted molar refractivity (Wildman–Crippen MR) is 112 cm³/mol. The van der Waals surface area contributed by atoms with Gasteiger partial charge >= 0.3 is 0 Å². The van der Waals surface area contributed by atoms with Crippen LogP contribution in [0.4, 0.5) is 11.4 Å². The molecular formula is C20H31N3O4S. The molecule has 2 N–H and O–H groups in total. The first kappa shape index (κ1) is 22.4. The fraction of sp³-hybridized carbons (Fsp3) is 0.600. The molecule has 0 heterocycles. The molecule has 2 amide bonds. The summed E-state index contributed by atoms with van der Waals surface area (Å²) in [6.07, 6.45) is 2.59. The number of benzene rings is 1. The van der Waals surface area contributed by atoms with Gasteiger partial charge in [-0.2, -0.15) is 0 Å². The van der Waals surface area contributed by atoms with Crippen molar-refractivity contribution in [3.63, 3.8) is 0 Å². The molecule has 1 aromatic rings. The highest BCUT2D eigenvalue weighted by Gasteiger charge is 2.34. The third-order valence-corrected chi connectivity index (χ3v) is 7.48. The van der Waals surface area contributed by atoms with Gasteiger partial charge in [-0.3, -0.25) is 9.59 Å². The first-order valence-corrected chi connectivity index (χ1v) is 11.1. The van der Waals surface area contributed by atoms with Crippen LogP contribution in [0.1, 0.15) is 53.4 Å². The average molecular weight is 410 g/mol. The van der Waals surface area contributed by atoms with Gasteiger partial charge in [-0.15, -0.1) is 0 Å². The minimum atomic E-state index is -3.38. The molecule has 1 fully saturated rings. The predicted octanol–water partition coefficient (Wildman–Crippen LogP) is 2.88. The zero-order chi connectivity index (χ0) is 21.1. The fourth-order valence-corrected chi connectivity index (χ4v) is 4.09. The number of hydrogen-bond acceptors (Lipinski definition) is 4. The van der Waals surface area contributed by atoms with E-state index in [9.17, 15) is 18.0 Å². The van der Waals surface area contributed by atoms with Crippen LogP contribution in [0.15, 0.2) is 24.3 Å². The number of nitrogens with zero attached hydrogens (tertiary/aromatic N) is 1. The third kappa shape index (κ3) is 5.54. The summed E-state index contributed by atoms with van der Waals surface area (Å²) in [5.41, 5.74) is 1.44. The summed E-state index contributed by atoms with van der Waals surface area (Å²) in [5.74, 6) is -0.240. The summed E-state index contributed by atoms with van der Waals surface area (Å²) in [6.45, 7) is 6.52. The van der Waals surface area contributed by atoms with Crippen LogP contribution in [-0.2, 0) is 19.6 Å². The number of sulfonamides is 1. The van der Waals surface area contributed by atoms with Crippen LogP contribution in [0.3, 0.4) is 0 Å². The summed E-state index contributed by atoms with van der Waals surface area (Å²) >= 11 is 0. The summed E-state index contributed by atoms with van der Waals surface area (Å²) in [5, 5.41) is 2.91. The number of hydrogen-bond donors (Lipinski definition) is 2. The van der Waals surface area contributed by atoms with Crippen molar-refractivity contribution in [2.75, 3.05) is 17.3 Å². The summed E-state index contributed by atoms with van der Waals surface area (Å²) < 4.78 is 26.5. The molecular weight excluding hydrogens is 378 g/mol. The van der Waals surface area contributed by atoms with E-state index >= 15 is 0 Å². The first-order chi connectivity index (χ1) is 12.9. The smallest absolute Gasteiger partial charge is 0.227 e. The lowest BCUT2D eigenvalue weighted by Gasteiger charge is -2.30. The lowest BCUT2D eigenvalue weighted by molar-refractivity contribution is -0.121. The van der Waals surface area contributed by atoms with Crippen LogP contribution in [0.25, 0.3) is 0 Å². The lowest BCUT2D eigenvalue weighted by Crippen LogP contribution is -2.46. The van der Waals surface area contributed by atoms with E-state index in [0.29, 0.717) is 31.4 Å². The second-order valence-electron chi connectivity index (χ2n) is 8.40. The maximum Gasteiger partial charge on any atom is 0.227 e. The Bertz CT molecular complexity index is 805. The van der Waals surface area contributed by atoms with Crippen LogP contribution in [0.2, 0.25) is 0 Å². The maximum absolute atomic E-state index is 12.5. The van der Waals surface area contributed by atoms with Crippen molar-refractivity contribution < 1.29 is 18.0 Å². The van der Waals surface area contributed by atoms with Crippen molar-refractivity contribution in [1.29, 1.82) is 0 Å². The molecule has 1 aromatic carbocycles. The summed E-state index contributed by atoms with van der Waals surface area (Å²) in [4.78, 5) is 25.5. The number of anilines is 2. The molecule has 1 aliphatic rings. The molecule has 2 rings (SSSR count). The quantitative estimate of drug-likeness (QED) is 0.782. The maximum atomic E-state index is 12.5. The highest BCUT2D eigenvalue weighted by molar-refractivity contribution is 7.90. The van der Waals surface area contributed by atoms with Gasteiger partial charge in [0.05, 0.1) is 4.75 Å². The van der Waals surface area contributed by atoms with E-state index in [-0.39, 0.29) is 23.8 Å². The van der Waals surface area contributed by atoms with E-state index in [2.05, 4.69) is 10.0 Å². The minimum Gasteiger partial charge on any atom is -0.326 e. The number of carbonyl (C=O) groups is 2. The Balaban J connectivity index is 1.88. The number of amides is 2. The van der Waals surface area contributed by atoms with E-state index < -0.39 is 14.8 Å². The SMILES string of the molecule is CC(=O)N(C)c1ccc(NC(=O)C2CCC(NS(=O)(=O)C(C)(C)C)CC2)cc1. The van der Waals surface area contributed by atoms with Crippen molar-refractivity contribution in [1.82, 2.24) is 4.72 Å². The monoisotopic (exact) mass is 409 g/mol. The average Bonchev–Trinajstić information content (AvgIpc) is 2.61. The van der Waals surface area contributed by atoms with Crippen molar-refractivity contribution >= 4 is 33.2 Å². The standard InChI is InChI=1S/C20H31N3O4S/c1-14(24)23(5)18-12-10-16(11-13-18)21-19(25)15-6-8-17(9-7-15)22-28(26,27)20(2,3)4/h10-13,15,17,22H,6-9H2,1-5H3,(H,21,25). The molecule has 0 aliphatic heterocycles. The Hall–Kier alpha value is -1.93. The third-order valence-electron chi connectivity index (χ3n) is 5.22. The lowest BCUT2D eigenvalue weighted by atomic mass is 9.86. The second kappa shape index (κ2) is 8.61. The van der Waals surface area contributed by atoms with Gasteiger partial charge in [0.25, 0.3) is 0 Å². The van der Waals surface area contributed by atoms with Crippen molar-refractivity contribution in [2.45, 2.75) is 64.2 Å². The van der Waals surface area contributed by atoms with Gasteiger partial charge in [0.15, 0.2) is 0 Å². The summed E-state index contributed by atoms with van der Waals surface area (Å²) in [7, 11) is -1.68. The normalized spacial score (nSPS) is 20.5. The molecule has 7 nitrogen and oxygen atoms in total. The van der Waals surface area contributed by atoms with Gasteiger partial charge in [0, 0.05) is 37.3 Å².